The maximum absolute atomic E-state index is 15.0. The zero-order valence-corrected chi connectivity index (χ0v) is 21.4. The van der Waals surface area contributed by atoms with Gasteiger partial charge >= 0.3 is 0 Å². The topological polar surface area (TPSA) is 46.5 Å². The third-order valence-corrected chi connectivity index (χ3v) is 9.50. The second kappa shape index (κ2) is 8.07. The molecule has 3 aliphatic carbocycles. The molecule has 0 saturated carbocycles. The van der Waals surface area contributed by atoms with Crippen molar-refractivity contribution in [2.24, 2.45) is 5.92 Å². The van der Waals surface area contributed by atoms with Crippen molar-refractivity contribution in [2.75, 3.05) is 6.61 Å². The van der Waals surface area contributed by atoms with Gasteiger partial charge in [0, 0.05) is 17.6 Å². The highest BCUT2D eigenvalue weighted by Gasteiger charge is 2.44. The molecule has 1 aliphatic heterocycles. The second-order valence-corrected chi connectivity index (χ2v) is 11.2. The molecule has 3 nitrogen and oxygen atoms in total. The maximum Gasteiger partial charge on any atom is 0.196 e. The Hall–Kier alpha value is -2.37. The van der Waals surface area contributed by atoms with Crippen LogP contribution in [0.1, 0.15) is 79.7 Å². The lowest BCUT2D eigenvalue weighted by molar-refractivity contribution is -0.116. The summed E-state index contributed by atoms with van der Waals surface area (Å²) < 4.78 is 20.6. The van der Waals surface area contributed by atoms with Crippen molar-refractivity contribution >= 4 is 39.4 Å². The lowest BCUT2D eigenvalue weighted by atomic mass is 9.68. The maximum atomic E-state index is 15.0. The van der Waals surface area contributed by atoms with Crippen LogP contribution in [-0.4, -0.2) is 28.1 Å². The minimum absolute atomic E-state index is 0.0416. The SMILES string of the molecule is CC[C@@]1(O)C(=S)OCC2=C1/C=C1/c3cc4cc(F)c(C)c5c4c(c3CCC1CCC2=O)[C@@H](C)CC5. The predicted octanol–water partition coefficient (Wildman–Crippen LogP) is 6.44. The van der Waals surface area contributed by atoms with E-state index in [4.69, 9.17) is 17.0 Å². The van der Waals surface area contributed by atoms with E-state index >= 15 is 0 Å². The summed E-state index contributed by atoms with van der Waals surface area (Å²) in [5.74, 6) is 0.531. The summed E-state index contributed by atoms with van der Waals surface area (Å²) in [5.41, 5.74) is 6.68. The normalized spacial score (nSPS) is 29.5. The van der Waals surface area contributed by atoms with Gasteiger partial charge in [-0.15, -0.1) is 0 Å². The molecule has 1 heterocycles. The predicted molar refractivity (Wildman–Crippen MR) is 140 cm³/mol. The Balaban J connectivity index is 1.67. The van der Waals surface area contributed by atoms with Gasteiger partial charge in [0.25, 0.3) is 0 Å². The molecule has 0 saturated heterocycles. The number of carbonyl (C=O) groups is 1. The lowest BCUT2D eigenvalue weighted by Crippen LogP contribution is -2.45. The molecule has 182 valence electrons. The number of Topliss-reactive ketones (excluding diaryl/α,β-unsaturated/α-hetero) is 1. The summed E-state index contributed by atoms with van der Waals surface area (Å²) in [4.78, 5) is 13.1. The lowest BCUT2D eigenvalue weighted by Gasteiger charge is -2.39. The van der Waals surface area contributed by atoms with Crippen molar-refractivity contribution in [3.05, 3.63) is 63.0 Å². The number of carbonyl (C=O) groups excluding carboxylic acids is 1. The fraction of sp³-hybridized carbons (Fsp3) is 0.467. The summed E-state index contributed by atoms with van der Waals surface area (Å²) in [5, 5.41) is 13.9. The first-order chi connectivity index (χ1) is 16.7. The van der Waals surface area contributed by atoms with Gasteiger partial charge < -0.3 is 9.84 Å². The molecular weight excluding hydrogens is 459 g/mol. The van der Waals surface area contributed by atoms with Crippen LogP contribution in [0.3, 0.4) is 0 Å². The number of thiocarbonyl (C=S) groups is 1. The Morgan fingerprint density at radius 3 is 2.69 bits per heavy atom. The van der Waals surface area contributed by atoms with Crippen LogP contribution in [0, 0.1) is 18.7 Å². The number of hydrogen-bond donors (Lipinski definition) is 1. The van der Waals surface area contributed by atoms with E-state index in [2.05, 4.69) is 13.0 Å². The van der Waals surface area contributed by atoms with Gasteiger partial charge in [-0.2, -0.15) is 0 Å². The van der Waals surface area contributed by atoms with E-state index in [1.54, 1.807) is 6.07 Å². The van der Waals surface area contributed by atoms with Gasteiger partial charge in [-0.1, -0.05) is 19.9 Å². The third-order valence-electron chi connectivity index (χ3n) is 9.04. The molecule has 0 bridgehead atoms. The van der Waals surface area contributed by atoms with E-state index in [0.717, 1.165) is 59.8 Å². The van der Waals surface area contributed by atoms with Gasteiger partial charge in [-0.3, -0.25) is 4.79 Å². The molecule has 0 spiro atoms. The Kier molecular flexibility index (Phi) is 5.32. The molecule has 0 radical (unpaired) electrons. The summed E-state index contributed by atoms with van der Waals surface area (Å²) in [6, 6.07) is 3.87. The van der Waals surface area contributed by atoms with Crippen molar-refractivity contribution in [3.63, 3.8) is 0 Å². The number of hydrogen-bond acceptors (Lipinski definition) is 4. The van der Waals surface area contributed by atoms with Crippen molar-refractivity contribution in [3.8, 4) is 0 Å². The molecule has 4 aliphatic rings. The molecule has 6 rings (SSSR count). The van der Waals surface area contributed by atoms with Crippen molar-refractivity contribution in [2.45, 2.75) is 77.2 Å². The van der Waals surface area contributed by atoms with Gasteiger partial charge in [0.15, 0.2) is 16.4 Å². The van der Waals surface area contributed by atoms with E-state index in [0.29, 0.717) is 29.9 Å². The molecule has 2 aromatic carbocycles. The highest BCUT2D eigenvalue weighted by Crippen LogP contribution is 2.49. The monoisotopic (exact) mass is 490 g/mol. The Morgan fingerprint density at radius 2 is 1.91 bits per heavy atom. The zero-order chi connectivity index (χ0) is 24.6. The van der Waals surface area contributed by atoms with Crippen LogP contribution >= 0.6 is 12.2 Å². The second-order valence-electron chi connectivity index (χ2n) is 10.8. The van der Waals surface area contributed by atoms with Crippen LogP contribution in [0.25, 0.3) is 16.3 Å². The van der Waals surface area contributed by atoms with E-state index in [9.17, 15) is 14.3 Å². The minimum atomic E-state index is -1.46. The van der Waals surface area contributed by atoms with Gasteiger partial charge in [-0.25, -0.2) is 4.39 Å². The van der Waals surface area contributed by atoms with Gasteiger partial charge in [-0.05, 0) is 126 Å². The number of benzene rings is 2. The third kappa shape index (κ3) is 3.24. The van der Waals surface area contributed by atoms with Crippen LogP contribution in [-0.2, 0) is 22.4 Å². The van der Waals surface area contributed by atoms with Crippen molar-refractivity contribution in [1.82, 2.24) is 0 Å². The average molecular weight is 491 g/mol. The number of ketones is 1. The van der Waals surface area contributed by atoms with Crippen LogP contribution in [0.5, 0.6) is 0 Å². The van der Waals surface area contributed by atoms with Crippen LogP contribution in [0.4, 0.5) is 4.39 Å². The Labute approximate surface area is 211 Å². The molecule has 0 amide bonds. The van der Waals surface area contributed by atoms with Crippen LogP contribution in [0.2, 0.25) is 0 Å². The van der Waals surface area contributed by atoms with E-state index in [-0.39, 0.29) is 29.2 Å². The fourth-order valence-corrected chi connectivity index (χ4v) is 7.26. The number of halogens is 1. The summed E-state index contributed by atoms with van der Waals surface area (Å²) >= 11 is 5.43. The number of aryl methyl sites for hydroxylation is 1. The first-order valence-corrected chi connectivity index (χ1v) is 13.3. The van der Waals surface area contributed by atoms with E-state index in [1.807, 2.05) is 19.9 Å². The minimum Gasteiger partial charge on any atom is -0.479 e. The fourth-order valence-electron chi connectivity index (χ4n) is 6.95. The standard InChI is InChI=1S/C30H31FO3S/c1-4-30(33)24-13-21-17(7-10-26(32)23(24)14-34-29(30)35)6-9-20-22(21)11-18-12-25(31)16(3)19-8-5-15(2)27(20)28(18)19/h11-13,15,17,33H,4-10,14H2,1-3H3/b21-13+/t15-,17?,30-/m0/s1. The first kappa shape index (κ1) is 23.1. The molecule has 5 heteroatoms. The van der Waals surface area contributed by atoms with Crippen LogP contribution in [0.15, 0.2) is 29.4 Å². The van der Waals surface area contributed by atoms with Crippen molar-refractivity contribution in [1.29, 1.82) is 0 Å². The van der Waals surface area contributed by atoms with Gasteiger partial charge in [0.2, 0.25) is 0 Å². The van der Waals surface area contributed by atoms with Gasteiger partial charge in [0.05, 0.1) is 0 Å². The molecule has 35 heavy (non-hydrogen) atoms. The molecule has 1 N–H and O–H groups in total. The molecule has 2 aromatic rings. The smallest absolute Gasteiger partial charge is 0.196 e. The number of aliphatic hydroxyl groups is 1. The highest BCUT2D eigenvalue weighted by atomic mass is 32.1. The molecule has 0 fully saturated rings. The number of rotatable bonds is 1. The molecule has 3 atom stereocenters. The Morgan fingerprint density at radius 1 is 1.17 bits per heavy atom. The summed E-state index contributed by atoms with van der Waals surface area (Å²) in [6.07, 6.45) is 7.46. The molecule has 1 unspecified atom stereocenters. The van der Waals surface area contributed by atoms with E-state index < -0.39 is 5.60 Å². The summed E-state index contributed by atoms with van der Waals surface area (Å²) in [7, 11) is 0. The largest absolute Gasteiger partial charge is 0.479 e. The number of ether oxygens (including phenoxy) is 1. The highest BCUT2D eigenvalue weighted by molar-refractivity contribution is 7.80. The summed E-state index contributed by atoms with van der Waals surface area (Å²) in [6.45, 7) is 6.18. The van der Waals surface area contributed by atoms with Crippen molar-refractivity contribution < 1.29 is 19.0 Å². The Bertz CT molecular complexity index is 1380. The first-order valence-electron chi connectivity index (χ1n) is 12.9. The average Bonchev–Trinajstić information content (AvgIpc) is 2.84. The van der Waals surface area contributed by atoms with Crippen LogP contribution < -0.4 is 0 Å². The molecule has 0 aromatic heterocycles. The zero-order valence-electron chi connectivity index (χ0n) is 20.6. The number of fused-ring (bicyclic) bond motifs is 4. The van der Waals surface area contributed by atoms with E-state index in [1.165, 1.54) is 16.5 Å². The van der Waals surface area contributed by atoms with Gasteiger partial charge in [0.1, 0.15) is 12.4 Å². The quantitative estimate of drug-likeness (QED) is 0.467. The molecular formula is C30H31FO3S. The number of allylic oxidation sites excluding steroid dienone is 1.